The van der Waals surface area contributed by atoms with Gasteiger partial charge in [-0.2, -0.15) is 0 Å². The molecule has 24 heavy (non-hydrogen) atoms. The second kappa shape index (κ2) is 8.11. The van der Waals surface area contributed by atoms with Gasteiger partial charge < -0.3 is 10.1 Å². The Morgan fingerprint density at radius 2 is 1.92 bits per heavy atom. The van der Waals surface area contributed by atoms with Gasteiger partial charge >= 0.3 is 5.97 Å². The Balaban J connectivity index is 1.88. The summed E-state index contributed by atoms with van der Waals surface area (Å²) in [5, 5.41) is 13.2. The van der Waals surface area contributed by atoms with Crippen molar-refractivity contribution in [3.05, 3.63) is 64.2 Å². The Bertz CT molecular complexity index is 761. The van der Waals surface area contributed by atoms with E-state index in [1.54, 1.807) is 23.9 Å². The first kappa shape index (κ1) is 17.5. The second-order valence-electron chi connectivity index (χ2n) is 4.66. The summed E-state index contributed by atoms with van der Waals surface area (Å²) < 4.78 is 4.89. The number of benzene rings is 2. The third-order valence-electron chi connectivity index (χ3n) is 3.00. The van der Waals surface area contributed by atoms with Crippen LogP contribution in [-0.2, 0) is 9.53 Å². The van der Waals surface area contributed by atoms with Crippen molar-refractivity contribution in [2.24, 2.45) is 0 Å². The van der Waals surface area contributed by atoms with Crippen LogP contribution in [0, 0.1) is 10.1 Å². The molecule has 0 aliphatic heterocycles. The van der Waals surface area contributed by atoms with E-state index in [0.29, 0.717) is 5.69 Å². The number of nitro benzene ring substituents is 1. The van der Waals surface area contributed by atoms with Gasteiger partial charge in [-0.05, 0) is 36.6 Å². The zero-order chi connectivity index (χ0) is 17.5. The fourth-order valence-electron chi connectivity index (χ4n) is 1.83. The van der Waals surface area contributed by atoms with Crippen molar-refractivity contribution in [2.45, 2.75) is 4.90 Å². The van der Waals surface area contributed by atoms with E-state index in [9.17, 15) is 19.7 Å². The van der Waals surface area contributed by atoms with Crippen molar-refractivity contribution in [1.82, 2.24) is 0 Å². The standard InChI is InChI=1S/C16H14N2O5S/c1-24-14-4-2-3-12(9-14)17-15(19)10-23-16(20)11-5-7-13(8-6-11)18(21)22/h2-9H,10H2,1H3,(H,17,19). The van der Waals surface area contributed by atoms with Crippen LogP contribution in [0.4, 0.5) is 11.4 Å². The number of carbonyl (C=O) groups excluding carboxylic acids is 2. The Kier molecular flexibility index (Phi) is 5.91. The summed E-state index contributed by atoms with van der Waals surface area (Å²) in [5.41, 5.74) is 0.619. The number of nitro groups is 1. The number of nitrogens with zero attached hydrogens (tertiary/aromatic N) is 1. The highest BCUT2D eigenvalue weighted by molar-refractivity contribution is 7.98. The van der Waals surface area contributed by atoms with Crippen LogP contribution in [0.15, 0.2) is 53.4 Å². The van der Waals surface area contributed by atoms with E-state index in [0.717, 1.165) is 4.90 Å². The molecule has 0 saturated heterocycles. The lowest BCUT2D eigenvalue weighted by Gasteiger charge is -2.07. The number of amides is 1. The third-order valence-corrected chi connectivity index (χ3v) is 3.73. The molecule has 124 valence electrons. The van der Waals surface area contributed by atoms with Crippen molar-refractivity contribution in [3.63, 3.8) is 0 Å². The number of esters is 1. The first-order valence-electron chi connectivity index (χ1n) is 6.85. The molecule has 2 aromatic carbocycles. The molecule has 2 aromatic rings. The molecule has 8 heteroatoms. The number of rotatable bonds is 6. The SMILES string of the molecule is CSc1cccc(NC(=O)COC(=O)c2ccc([N+](=O)[O-])cc2)c1. The summed E-state index contributed by atoms with van der Waals surface area (Å²) >= 11 is 1.54. The number of ether oxygens (including phenoxy) is 1. The van der Waals surface area contributed by atoms with Crippen LogP contribution in [0.25, 0.3) is 0 Å². The molecule has 1 amide bonds. The molecule has 0 aromatic heterocycles. The highest BCUT2D eigenvalue weighted by atomic mass is 32.2. The van der Waals surface area contributed by atoms with Gasteiger partial charge in [0.05, 0.1) is 10.5 Å². The Hall–Kier alpha value is -2.87. The largest absolute Gasteiger partial charge is 0.452 e. The lowest BCUT2D eigenvalue weighted by atomic mass is 10.2. The highest BCUT2D eigenvalue weighted by Crippen LogP contribution is 2.19. The summed E-state index contributed by atoms with van der Waals surface area (Å²) in [7, 11) is 0. The smallest absolute Gasteiger partial charge is 0.338 e. The Morgan fingerprint density at radius 1 is 1.21 bits per heavy atom. The van der Waals surface area contributed by atoms with E-state index in [-0.39, 0.29) is 11.3 Å². The average molecular weight is 346 g/mol. The second-order valence-corrected chi connectivity index (χ2v) is 5.54. The summed E-state index contributed by atoms with van der Waals surface area (Å²) in [6.07, 6.45) is 1.92. The van der Waals surface area contributed by atoms with Gasteiger partial charge in [-0.25, -0.2) is 4.79 Å². The molecular formula is C16H14N2O5S. The highest BCUT2D eigenvalue weighted by Gasteiger charge is 2.12. The maximum absolute atomic E-state index is 11.8. The summed E-state index contributed by atoms with van der Waals surface area (Å²) in [6, 6.07) is 12.2. The lowest BCUT2D eigenvalue weighted by molar-refractivity contribution is -0.384. The van der Waals surface area contributed by atoms with Crippen LogP contribution in [0.1, 0.15) is 10.4 Å². The van der Waals surface area contributed by atoms with Crippen molar-refractivity contribution < 1.29 is 19.2 Å². The zero-order valence-corrected chi connectivity index (χ0v) is 13.5. The molecule has 7 nitrogen and oxygen atoms in total. The van der Waals surface area contributed by atoms with Gasteiger partial charge in [0.2, 0.25) is 0 Å². The molecule has 0 heterocycles. The van der Waals surface area contributed by atoms with Gasteiger partial charge in [0, 0.05) is 22.7 Å². The quantitative estimate of drug-likeness (QED) is 0.373. The van der Waals surface area contributed by atoms with Crippen LogP contribution in [0.5, 0.6) is 0 Å². The van der Waals surface area contributed by atoms with Crippen molar-refractivity contribution in [3.8, 4) is 0 Å². The maximum Gasteiger partial charge on any atom is 0.338 e. The van der Waals surface area contributed by atoms with Crippen LogP contribution < -0.4 is 5.32 Å². The fraction of sp³-hybridized carbons (Fsp3) is 0.125. The van der Waals surface area contributed by atoms with Crippen molar-refractivity contribution >= 4 is 35.0 Å². The minimum atomic E-state index is -0.724. The Labute approximate surface area is 142 Å². The normalized spacial score (nSPS) is 10.0. The topological polar surface area (TPSA) is 98.5 Å². The molecular weight excluding hydrogens is 332 g/mol. The number of hydrogen-bond donors (Lipinski definition) is 1. The van der Waals surface area contributed by atoms with Gasteiger partial charge in [0.15, 0.2) is 6.61 Å². The van der Waals surface area contributed by atoms with Crippen LogP contribution in [-0.4, -0.2) is 29.7 Å². The molecule has 0 aliphatic rings. The zero-order valence-electron chi connectivity index (χ0n) is 12.7. The number of anilines is 1. The summed E-state index contributed by atoms with van der Waals surface area (Å²) in [6.45, 7) is -0.445. The molecule has 0 spiro atoms. The number of non-ortho nitro benzene ring substituents is 1. The van der Waals surface area contributed by atoms with E-state index in [1.807, 2.05) is 18.4 Å². The maximum atomic E-state index is 11.8. The predicted octanol–water partition coefficient (Wildman–Crippen LogP) is 3.11. The minimum absolute atomic E-state index is 0.127. The molecule has 2 rings (SSSR count). The average Bonchev–Trinajstić information content (AvgIpc) is 2.60. The lowest BCUT2D eigenvalue weighted by Crippen LogP contribution is -2.20. The fourth-order valence-corrected chi connectivity index (χ4v) is 2.29. The Morgan fingerprint density at radius 3 is 2.54 bits per heavy atom. The number of nitrogens with one attached hydrogen (secondary N) is 1. The monoisotopic (exact) mass is 346 g/mol. The van der Waals surface area contributed by atoms with Crippen LogP contribution in [0.2, 0.25) is 0 Å². The molecule has 0 fully saturated rings. The summed E-state index contributed by atoms with van der Waals surface area (Å²) in [4.78, 5) is 34.6. The number of carbonyl (C=O) groups is 2. The first-order chi connectivity index (χ1) is 11.5. The molecule has 0 aliphatic carbocycles. The minimum Gasteiger partial charge on any atom is -0.452 e. The molecule has 0 bridgehead atoms. The molecule has 0 unspecified atom stereocenters. The van der Waals surface area contributed by atoms with E-state index < -0.39 is 23.4 Å². The van der Waals surface area contributed by atoms with Crippen molar-refractivity contribution in [1.29, 1.82) is 0 Å². The van der Waals surface area contributed by atoms with Crippen LogP contribution in [0.3, 0.4) is 0 Å². The van der Waals surface area contributed by atoms with Gasteiger partial charge in [-0.15, -0.1) is 11.8 Å². The van der Waals surface area contributed by atoms with Gasteiger partial charge in [0.1, 0.15) is 0 Å². The van der Waals surface area contributed by atoms with E-state index in [4.69, 9.17) is 4.74 Å². The van der Waals surface area contributed by atoms with E-state index in [2.05, 4.69) is 5.32 Å². The third kappa shape index (κ3) is 4.82. The molecule has 0 atom stereocenters. The molecule has 1 N–H and O–H groups in total. The molecule has 0 radical (unpaired) electrons. The van der Waals surface area contributed by atoms with Gasteiger partial charge in [0.25, 0.3) is 11.6 Å². The van der Waals surface area contributed by atoms with Gasteiger partial charge in [-0.3, -0.25) is 14.9 Å². The van der Waals surface area contributed by atoms with E-state index >= 15 is 0 Å². The van der Waals surface area contributed by atoms with Gasteiger partial charge in [-0.1, -0.05) is 6.07 Å². The number of hydrogen-bond acceptors (Lipinski definition) is 6. The summed E-state index contributed by atoms with van der Waals surface area (Å²) in [5.74, 6) is -1.19. The predicted molar refractivity (Wildman–Crippen MR) is 90.2 cm³/mol. The van der Waals surface area contributed by atoms with E-state index in [1.165, 1.54) is 24.3 Å². The van der Waals surface area contributed by atoms with Crippen molar-refractivity contribution in [2.75, 3.05) is 18.2 Å². The van der Waals surface area contributed by atoms with Crippen LogP contribution >= 0.6 is 11.8 Å². The number of thioether (sulfide) groups is 1. The molecule has 0 saturated carbocycles. The first-order valence-corrected chi connectivity index (χ1v) is 8.07.